The van der Waals surface area contributed by atoms with E-state index in [0.29, 0.717) is 0 Å². The zero-order valence-corrected chi connectivity index (χ0v) is 11.6. The van der Waals surface area contributed by atoms with Gasteiger partial charge in [-0.05, 0) is 41.1 Å². The van der Waals surface area contributed by atoms with Crippen molar-refractivity contribution < 1.29 is 9.53 Å². The number of hydrogen-bond donors (Lipinski definition) is 1. The van der Waals surface area contributed by atoms with Gasteiger partial charge in [0.15, 0.2) is 0 Å². The van der Waals surface area contributed by atoms with Crippen LogP contribution in [0.2, 0.25) is 0 Å². The zero-order valence-electron chi connectivity index (χ0n) is 8.38. The molecule has 1 rings (SSSR count). The molecule has 0 fully saturated rings. The lowest BCUT2D eigenvalue weighted by atomic mass is 10.2. The molecule has 0 aromatic heterocycles. The summed E-state index contributed by atoms with van der Waals surface area (Å²) in [6, 6.07) is 5.32. The van der Waals surface area contributed by atoms with E-state index in [1.165, 1.54) is 7.11 Å². The molecule has 1 aromatic rings. The van der Waals surface area contributed by atoms with Gasteiger partial charge in [0.1, 0.15) is 6.04 Å². The van der Waals surface area contributed by atoms with Crippen molar-refractivity contribution in [1.82, 2.24) is 0 Å². The first-order valence-electron chi connectivity index (χ1n) is 4.34. The first kappa shape index (κ1) is 12.5. The molecule has 0 spiro atoms. The molecule has 5 heteroatoms. The number of esters is 1. The van der Waals surface area contributed by atoms with E-state index in [1.54, 1.807) is 6.92 Å². The maximum atomic E-state index is 11.2. The molecular formula is C10H11Br2NO2. The van der Waals surface area contributed by atoms with Crippen LogP contribution >= 0.6 is 31.9 Å². The van der Waals surface area contributed by atoms with E-state index in [-0.39, 0.29) is 12.0 Å². The van der Waals surface area contributed by atoms with E-state index in [1.807, 2.05) is 18.2 Å². The minimum atomic E-state index is -0.368. The lowest BCUT2D eigenvalue weighted by Gasteiger charge is -2.14. The van der Waals surface area contributed by atoms with Gasteiger partial charge in [-0.15, -0.1) is 0 Å². The first-order chi connectivity index (χ1) is 7.04. The van der Waals surface area contributed by atoms with Crippen molar-refractivity contribution in [2.24, 2.45) is 0 Å². The van der Waals surface area contributed by atoms with Crippen LogP contribution in [0.5, 0.6) is 0 Å². The summed E-state index contributed by atoms with van der Waals surface area (Å²) in [5.41, 5.74) is 0.858. The van der Waals surface area contributed by atoms with Crippen LogP contribution in [0.25, 0.3) is 0 Å². The fraction of sp³-hybridized carbons (Fsp3) is 0.300. The van der Waals surface area contributed by atoms with Crippen LogP contribution in [0.3, 0.4) is 0 Å². The third-order valence-corrected chi connectivity index (χ3v) is 3.01. The molecule has 1 aromatic carbocycles. The average Bonchev–Trinajstić information content (AvgIpc) is 2.20. The van der Waals surface area contributed by atoms with E-state index in [2.05, 4.69) is 41.9 Å². The Balaban J connectivity index is 2.76. The van der Waals surface area contributed by atoms with Gasteiger partial charge in [0.25, 0.3) is 0 Å². The average molecular weight is 337 g/mol. The van der Waals surface area contributed by atoms with E-state index in [9.17, 15) is 4.79 Å². The van der Waals surface area contributed by atoms with Crippen molar-refractivity contribution in [2.45, 2.75) is 13.0 Å². The molecule has 3 nitrogen and oxygen atoms in total. The highest BCUT2D eigenvalue weighted by atomic mass is 79.9. The van der Waals surface area contributed by atoms with E-state index >= 15 is 0 Å². The minimum absolute atomic E-state index is 0.287. The summed E-state index contributed by atoms with van der Waals surface area (Å²) >= 11 is 6.76. The van der Waals surface area contributed by atoms with Crippen LogP contribution in [0.1, 0.15) is 6.92 Å². The Kier molecular flexibility index (Phi) is 4.60. The number of methoxy groups -OCH3 is 1. The Morgan fingerprint density at radius 3 is 2.67 bits per heavy atom. The highest BCUT2D eigenvalue weighted by Crippen LogP contribution is 2.26. The predicted molar refractivity (Wildman–Crippen MR) is 66.9 cm³/mol. The van der Waals surface area contributed by atoms with Gasteiger partial charge in [-0.1, -0.05) is 15.9 Å². The number of nitrogens with one attached hydrogen (secondary N) is 1. The molecule has 0 aliphatic heterocycles. The van der Waals surface area contributed by atoms with Crippen molar-refractivity contribution in [3.8, 4) is 0 Å². The van der Waals surface area contributed by atoms with Gasteiger partial charge in [0.2, 0.25) is 0 Å². The van der Waals surface area contributed by atoms with Crippen LogP contribution in [0, 0.1) is 0 Å². The summed E-state index contributed by atoms with van der Waals surface area (Å²) in [6.07, 6.45) is 0. The normalized spacial score (nSPS) is 12.0. The quantitative estimate of drug-likeness (QED) is 0.861. The van der Waals surface area contributed by atoms with Crippen molar-refractivity contribution >= 4 is 43.5 Å². The SMILES string of the molecule is COC(=O)C(C)Nc1ccc(Br)cc1Br. The number of hydrogen-bond acceptors (Lipinski definition) is 3. The molecule has 0 heterocycles. The number of rotatable bonds is 3. The summed E-state index contributed by atoms with van der Waals surface area (Å²) in [4.78, 5) is 11.2. The van der Waals surface area contributed by atoms with Crippen LogP contribution in [0.4, 0.5) is 5.69 Å². The van der Waals surface area contributed by atoms with Gasteiger partial charge < -0.3 is 10.1 Å². The van der Waals surface area contributed by atoms with E-state index in [0.717, 1.165) is 14.6 Å². The highest BCUT2D eigenvalue weighted by Gasteiger charge is 2.13. The third-order valence-electron chi connectivity index (χ3n) is 1.86. The van der Waals surface area contributed by atoms with Crippen molar-refractivity contribution in [3.05, 3.63) is 27.1 Å². The van der Waals surface area contributed by atoms with E-state index < -0.39 is 0 Å². The van der Waals surface area contributed by atoms with Crippen molar-refractivity contribution in [1.29, 1.82) is 0 Å². The van der Waals surface area contributed by atoms with Crippen LogP contribution in [-0.2, 0) is 9.53 Å². The molecule has 0 saturated carbocycles. The highest BCUT2D eigenvalue weighted by molar-refractivity contribution is 9.11. The van der Waals surface area contributed by atoms with Gasteiger partial charge in [0.05, 0.1) is 7.11 Å². The van der Waals surface area contributed by atoms with Crippen molar-refractivity contribution in [3.63, 3.8) is 0 Å². The van der Waals surface area contributed by atoms with Crippen LogP contribution in [-0.4, -0.2) is 19.1 Å². The fourth-order valence-electron chi connectivity index (χ4n) is 1.08. The van der Waals surface area contributed by atoms with Gasteiger partial charge in [-0.2, -0.15) is 0 Å². The first-order valence-corrected chi connectivity index (χ1v) is 5.92. The van der Waals surface area contributed by atoms with Gasteiger partial charge in [-0.3, -0.25) is 0 Å². The Morgan fingerprint density at radius 1 is 1.47 bits per heavy atom. The molecule has 0 aliphatic rings. The maximum Gasteiger partial charge on any atom is 0.327 e. The molecule has 1 N–H and O–H groups in total. The monoisotopic (exact) mass is 335 g/mol. The minimum Gasteiger partial charge on any atom is -0.467 e. The largest absolute Gasteiger partial charge is 0.467 e. The molecule has 0 bridgehead atoms. The molecular weight excluding hydrogens is 326 g/mol. The lowest BCUT2D eigenvalue weighted by Crippen LogP contribution is -2.27. The Morgan fingerprint density at radius 2 is 2.13 bits per heavy atom. The Labute approximate surface area is 105 Å². The van der Waals surface area contributed by atoms with Crippen LogP contribution in [0.15, 0.2) is 27.1 Å². The summed E-state index contributed by atoms with van der Waals surface area (Å²) in [5, 5.41) is 3.05. The molecule has 82 valence electrons. The second-order valence-electron chi connectivity index (χ2n) is 3.01. The molecule has 1 atom stereocenters. The van der Waals surface area contributed by atoms with Crippen molar-refractivity contribution in [2.75, 3.05) is 12.4 Å². The number of benzene rings is 1. The molecule has 0 amide bonds. The second-order valence-corrected chi connectivity index (χ2v) is 4.78. The predicted octanol–water partition coefficient (Wildman–Crippen LogP) is 3.19. The number of carbonyl (C=O) groups is 1. The summed E-state index contributed by atoms with van der Waals surface area (Å²) in [5.74, 6) is -0.287. The number of halogens is 2. The fourth-order valence-corrected chi connectivity index (χ4v) is 2.24. The van der Waals surface area contributed by atoms with Gasteiger partial charge in [0, 0.05) is 14.6 Å². The number of ether oxygens (including phenoxy) is 1. The lowest BCUT2D eigenvalue weighted by molar-refractivity contribution is -0.141. The smallest absolute Gasteiger partial charge is 0.327 e. The summed E-state index contributed by atoms with van der Waals surface area (Å²) in [6.45, 7) is 1.75. The summed E-state index contributed by atoms with van der Waals surface area (Å²) < 4.78 is 6.50. The topological polar surface area (TPSA) is 38.3 Å². The van der Waals surface area contributed by atoms with Gasteiger partial charge in [-0.25, -0.2) is 4.79 Å². The third kappa shape index (κ3) is 3.50. The molecule has 0 saturated heterocycles. The Hall–Kier alpha value is -0.550. The second kappa shape index (κ2) is 5.51. The summed E-state index contributed by atoms with van der Waals surface area (Å²) in [7, 11) is 1.37. The zero-order chi connectivity index (χ0) is 11.4. The Bertz CT molecular complexity index is 368. The van der Waals surface area contributed by atoms with E-state index in [4.69, 9.17) is 0 Å². The molecule has 1 unspecified atom stereocenters. The van der Waals surface area contributed by atoms with Gasteiger partial charge >= 0.3 is 5.97 Å². The number of carbonyl (C=O) groups excluding carboxylic acids is 1. The standard InChI is InChI=1S/C10H11Br2NO2/c1-6(10(14)15-2)13-9-4-3-7(11)5-8(9)12/h3-6,13H,1-2H3. The molecule has 0 aliphatic carbocycles. The van der Waals surface area contributed by atoms with Crippen LogP contribution < -0.4 is 5.32 Å². The molecule has 0 radical (unpaired) electrons. The molecule has 15 heavy (non-hydrogen) atoms. The number of anilines is 1. The maximum absolute atomic E-state index is 11.2.